The van der Waals surface area contributed by atoms with Gasteiger partial charge in [0.1, 0.15) is 0 Å². The van der Waals surface area contributed by atoms with Crippen LogP contribution in [-0.2, 0) is 11.3 Å². The molecule has 0 aromatic carbocycles. The summed E-state index contributed by atoms with van der Waals surface area (Å²) in [7, 11) is 1.69. The molecule has 2 aromatic heterocycles. The van der Waals surface area contributed by atoms with E-state index in [0.29, 0.717) is 6.61 Å². The zero-order valence-corrected chi connectivity index (χ0v) is 8.95. The minimum absolute atomic E-state index is 0.615. The van der Waals surface area contributed by atoms with Crippen molar-refractivity contribution in [2.24, 2.45) is 0 Å². The molecular weight excluding hydrogens is 188 g/mol. The van der Waals surface area contributed by atoms with E-state index < -0.39 is 0 Å². The van der Waals surface area contributed by atoms with E-state index in [9.17, 15) is 0 Å². The third-order valence-electron chi connectivity index (χ3n) is 2.37. The Labute approximate surface area is 89.1 Å². The number of H-pyrrole nitrogens is 1. The molecule has 0 saturated carbocycles. The molecule has 0 radical (unpaired) electrons. The summed E-state index contributed by atoms with van der Waals surface area (Å²) in [5.74, 6) is 0. The Morgan fingerprint density at radius 1 is 1.47 bits per heavy atom. The second-order valence-corrected chi connectivity index (χ2v) is 3.54. The van der Waals surface area contributed by atoms with Crippen LogP contribution in [0.3, 0.4) is 0 Å². The number of ether oxygens (including phenoxy) is 1. The summed E-state index contributed by atoms with van der Waals surface area (Å²) >= 11 is 0. The van der Waals surface area contributed by atoms with E-state index in [-0.39, 0.29) is 0 Å². The first-order valence-corrected chi connectivity index (χ1v) is 4.88. The zero-order valence-electron chi connectivity index (χ0n) is 8.95. The van der Waals surface area contributed by atoms with Crippen LogP contribution in [0.4, 0.5) is 0 Å². The quantitative estimate of drug-likeness (QED) is 0.830. The molecule has 0 aliphatic carbocycles. The van der Waals surface area contributed by atoms with Gasteiger partial charge in [-0.15, -0.1) is 0 Å². The Hall–Kier alpha value is -1.61. The van der Waals surface area contributed by atoms with Gasteiger partial charge in [0, 0.05) is 31.4 Å². The monoisotopic (exact) mass is 202 g/mol. The van der Waals surface area contributed by atoms with Crippen molar-refractivity contribution in [1.82, 2.24) is 9.97 Å². The third-order valence-corrected chi connectivity index (χ3v) is 2.37. The van der Waals surface area contributed by atoms with Gasteiger partial charge in [0.25, 0.3) is 0 Å². The number of aryl methyl sites for hydroxylation is 1. The van der Waals surface area contributed by atoms with E-state index in [4.69, 9.17) is 4.74 Å². The van der Waals surface area contributed by atoms with Gasteiger partial charge in [-0.2, -0.15) is 0 Å². The lowest BCUT2D eigenvalue weighted by Crippen LogP contribution is -1.85. The first kappa shape index (κ1) is 9.93. The largest absolute Gasteiger partial charge is 0.378 e. The van der Waals surface area contributed by atoms with E-state index in [1.54, 1.807) is 7.11 Å². The van der Waals surface area contributed by atoms with Crippen molar-refractivity contribution in [1.29, 1.82) is 0 Å². The van der Waals surface area contributed by atoms with Gasteiger partial charge in [-0.1, -0.05) is 0 Å². The van der Waals surface area contributed by atoms with Crippen LogP contribution >= 0.6 is 0 Å². The molecule has 0 atom stereocenters. The summed E-state index contributed by atoms with van der Waals surface area (Å²) in [4.78, 5) is 7.27. The van der Waals surface area contributed by atoms with Gasteiger partial charge in [0.2, 0.25) is 0 Å². The van der Waals surface area contributed by atoms with Gasteiger partial charge < -0.3 is 9.72 Å². The molecule has 78 valence electrons. The number of hydrogen-bond donors (Lipinski definition) is 1. The third kappa shape index (κ3) is 2.07. The molecule has 0 aliphatic heterocycles. The fourth-order valence-corrected chi connectivity index (χ4v) is 1.63. The van der Waals surface area contributed by atoms with Gasteiger partial charge in [0.05, 0.1) is 6.61 Å². The minimum atomic E-state index is 0.615. The summed E-state index contributed by atoms with van der Waals surface area (Å²) < 4.78 is 5.06. The van der Waals surface area contributed by atoms with Crippen LogP contribution in [0.5, 0.6) is 0 Å². The number of nitrogens with zero attached hydrogens (tertiary/aromatic N) is 1. The van der Waals surface area contributed by atoms with Crippen molar-refractivity contribution in [2.75, 3.05) is 7.11 Å². The molecule has 0 saturated heterocycles. The fraction of sp³-hybridized carbons (Fsp3) is 0.250. The second kappa shape index (κ2) is 4.28. The van der Waals surface area contributed by atoms with Crippen molar-refractivity contribution in [3.05, 3.63) is 42.0 Å². The van der Waals surface area contributed by atoms with Gasteiger partial charge in [0.15, 0.2) is 0 Å². The molecule has 3 nitrogen and oxygen atoms in total. The van der Waals surface area contributed by atoms with Gasteiger partial charge in [-0.25, -0.2) is 0 Å². The van der Waals surface area contributed by atoms with Gasteiger partial charge >= 0.3 is 0 Å². The highest BCUT2D eigenvalue weighted by atomic mass is 16.5. The summed E-state index contributed by atoms with van der Waals surface area (Å²) in [5.41, 5.74) is 4.66. The number of hydrogen-bond acceptors (Lipinski definition) is 2. The molecule has 0 spiro atoms. The normalized spacial score (nSPS) is 10.5. The average Bonchev–Trinajstić information content (AvgIpc) is 2.68. The molecule has 0 bridgehead atoms. The summed E-state index contributed by atoms with van der Waals surface area (Å²) in [5, 5.41) is 0. The first-order chi connectivity index (χ1) is 7.31. The van der Waals surface area contributed by atoms with Crippen LogP contribution in [0.25, 0.3) is 11.1 Å². The van der Waals surface area contributed by atoms with Gasteiger partial charge in [-0.3, -0.25) is 4.98 Å². The van der Waals surface area contributed by atoms with Gasteiger partial charge in [-0.05, 0) is 35.7 Å². The van der Waals surface area contributed by atoms with E-state index in [1.807, 2.05) is 24.7 Å². The predicted molar refractivity (Wildman–Crippen MR) is 59.5 cm³/mol. The molecule has 2 rings (SSSR count). The minimum Gasteiger partial charge on any atom is -0.378 e. The number of pyridine rings is 1. The molecule has 0 fully saturated rings. The standard InChI is InChI=1S/C12H14N2O/c1-9-6-13-4-3-12(9)10-5-11(8-15-2)14-7-10/h3-7,14H,8H2,1-2H3. The lowest BCUT2D eigenvalue weighted by molar-refractivity contribution is 0.182. The lowest BCUT2D eigenvalue weighted by atomic mass is 10.1. The van der Waals surface area contributed by atoms with E-state index in [0.717, 1.165) is 5.69 Å². The summed E-state index contributed by atoms with van der Waals surface area (Å²) in [6, 6.07) is 4.13. The van der Waals surface area contributed by atoms with Crippen LogP contribution in [0.2, 0.25) is 0 Å². The molecule has 15 heavy (non-hydrogen) atoms. The molecule has 2 aromatic rings. The van der Waals surface area contributed by atoms with Crippen molar-refractivity contribution in [2.45, 2.75) is 13.5 Å². The lowest BCUT2D eigenvalue weighted by Gasteiger charge is -2.00. The van der Waals surface area contributed by atoms with Crippen LogP contribution < -0.4 is 0 Å². The number of aromatic amines is 1. The van der Waals surface area contributed by atoms with Crippen LogP contribution in [-0.4, -0.2) is 17.1 Å². The summed E-state index contributed by atoms with van der Waals surface area (Å²) in [6.45, 7) is 2.68. The van der Waals surface area contributed by atoms with E-state index in [1.165, 1.54) is 16.7 Å². The first-order valence-electron chi connectivity index (χ1n) is 4.88. The zero-order chi connectivity index (χ0) is 10.7. The number of methoxy groups -OCH3 is 1. The van der Waals surface area contributed by atoms with Crippen molar-refractivity contribution >= 4 is 0 Å². The molecule has 1 N–H and O–H groups in total. The number of rotatable bonds is 3. The summed E-state index contributed by atoms with van der Waals surface area (Å²) in [6.07, 6.45) is 5.68. The molecule has 0 unspecified atom stereocenters. The highest BCUT2D eigenvalue weighted by Gasteiger charge is 2.03. The van der Waals surface area contributed by atoms with Crippen LogP contribution in [0, 0.1) is 6.92 Å². The maximum atomic E-state index is 5.06. The van der Waals surface area contributed by atoms with E-state index >= 15 is 0 Å². The maximum absolute atomic E-state index is 5.06. The fourth-order valence-electron chi connectivity index (χ4n) is 1.63. The van der Waals surface area contributed by atoms with Crippen molar-refractivity contribution in [3.63, 3.8) is 0 Å². The SMILES string of the molecule is COCc1cc(-c2ccncc2C)c[nH]1. The Balaban J connectivity index is 2.33. The highest BCUT2D eigenvalue weighted by molar-refractivity contribution is 5.66. The number of nitrogens with one attached hydrogen (secondary N) is 1. The van der Waals surface area contributed by atoms with Crippen LogP contribution in [0.15, 0.2) is 30.7 Å². The Kier molecular flexibility index (Phi) is 2.83. The Morgan fingerprint density at radius 2 is 2.33 bits per heavy atom. The highest BCUT2D eigenvalue weighted by Crippen LogP contribution is 2.23. The van der Waals surface area contributed by atoms with Crippen molar-refractivity contribution < 1.29 is 4.74 Å². The number of aromatic nitrogens is 2. The molecule has 0 amide bonds. The molecule has 3 heteroatoms. The van der Waals surface area contributed by atoms with Crippen molar-refractivity contribution in [3.8, 4) is 11.1 Å². The second-order valence-electron chi connectivity index (χ2n) is 3.54. The molecule has 0 aliphatic rings. The average molecular weight is 202 g/mol. The van der Waals surface area contributed by atoms with Crippen LogP contribution in [0.1, 0.15) is 11.3 Å². The maximum Gasteiger partial charge on any atom is 0.0862 e. The molecular formula is C12H14N2O. The smallest absolute Gasteiger partial charge is 0.0862 e. The van der Waals surface area contributed by atoms with E-state index in [2.05, 4.69) is 23.0 Å². The molecule has 2 heterocycles. The Morgan fingerprint density at radius 3 is 3.07 bits per heavy atom. The predicted octanol–water partition coefficient (Wildman–Crippen LogP) is 2.53. The topological polar surface area (TPSA) is 37.9 Å². The Bertz CT molecular complexity index is 448.